The molecule has 16 heavy (non-hydrogen) atoms. The van der Waals surface area contributed by atoms with Crippen molar-refractivity contribution >= 4 is 32.5 Å². The average Bonchev–Trinajstić information content (AvgIpc) is 2.63. The van der Waals surface area contributed by atoms with Crippen molar-refractivity contribution in [2.45, 2.75) is 6.92 Å². The molecule has 0 aliphatic heterocycles. The first-order valence-electron chi connectivity index (χ1n) is 5.03. The van der Waals surface area contributed by atoms with E-state index >= 15 is 0 Å². The summed E-state index contributed by atoms with van der Waals surface area (Å²) in [6.07, 6.45) is 0. The third kappa shape index (κ3) is 1.20. The fraction of sp³-hybridized carbons (Fsp3) is 0.167. The molecule has 4 heteroatoms. The van der Waals surface area contributed by atoms with Gasteiger partial charge in [-0.1, -0.05) is 0 Å². The summed E-state index contributed by atoms with van der Waals surface area (Å²) in [6, 6.07) is 7.42. The predicted molar refractivity (Wildman–Crippen MR) is 67.1 cm³/mol. The summed E-state index contributed by atoms with van der Waals surface area (Å²) in [5, 5.41) is 2.15. The van der Waals surface area contributed by atoms with Gasteiger partial charge in [-0.15, -0.1) is 11.3 Å². The standard InChI is InChI=1S/C12H10N2OS/c1-7-13-9-4-5-10-8(12(9)16-7)3-6-11(15)14(10)2/h3-6H,1-2H3. The molecule has 0 spiro atoms. The summed E-state index contributed by atoms with van der Waals surface area (Å²) in [5.41, 5.74) is 1.99. The summed E-state index contributed by atoms with van der Waals surface area (Å²) in [5.74, 6) is 0. The molecule has 0 saturated heterocycles. The minimum atomic E-state index is 0.0214. The smallest absolute Gasteiger partial charge is 0.250 e. The molecule has 0 N–H and O–H groups in total. The third-order valence-corrected chi connectivity index (χ3v) is 3.78. The van der Waals surface area contributed by atoms with E-state index in [9.17, 15) is 4.79 Å². The van der Waals surface area contributed by atoms with Crippen LogP contribution < -0.4 is 5.56 Å². The molecule has 0 aliphatic rings. The van der Waals surface area contributed by atoms with Crippen molar-refractivity contribution in [3.8, 4) is 0 Å². The Labute approximate surface area is 96.0 Å². The van der Waals surface area contributed by atoms with Crippen LogP contribution in [0.3, 0.4) is 0 Å². The van der Waals surface area contributed by atoms with Crippen LogP contribution in [0.2, 0.25) is 0 Å². The second kappa shape index (κ2) is 3.15. The summed E-state index contributed by atoms with van der Waals surface area (Å²) < 4.78 is 2.83. The van der Waals surface area contributed by atoms with Crippen LogP contribution in [0.15, 0.2) is 29.1 Å². The van der Waals surface area contributed by atoms with Gasteiger partial charge in [-0.2, -0.15) is 0 Å². The Bertz CT molecular complexity index is 755. The number of nitrogens with zero attached hydrogens (tertiary/aromatic N) is 2. The molecular weight excluding hydrogens is 220 g/mol. The molecule has 0 fully saturated rings. The SMILES string of the molecule is Cc1nc2ccc3c(ccc(=O)n3C)c2s1. The summed E-state index contributed by atoms with van der Waals surface area (Å²) in [6.45, 7) is 2.00. The van der Waals surface area contributed by atoms with Gasteiger partial charge in [-0.25, -0.2) is 4.98 Å². The van der Waals surface area contributed by atoms with Crippen LogP contribution >= 0.6 is 11.3 Å². The molecule has 0 bridgehead atoms. The van der Waals surface area contributed by atoms with Crippen LogP contribution in [0.1, 0.15) is 5.01 Å². The minimum Gasteiger partial charge on any atom is -0.311 e. The quantitative estimate of drug-likeness (QED) is 0.594. The van der Waals surface area contributed by atoms with E-state index in [0.29, 0.717) is 0 Å². The van der Waals surface area contributed by atoms with Crippen LogP contribution in [0.4, 0.5) is 0 Å². The molecule has 0 atom stereocenters. The molecule has 2 heterocycles. The fourth-order valence-electron chi connectivity index (χ4n) is 1.95. The van der Waals surface area contributed by atoms with Crippen molar-refractivity contribution in [1.29, 1.82) is 0 Å². The lowest BCUT2D eigenvalue weighted by atomic mass is 10.2. The van der Waals surface area contributed by atoms with Gasteiger partial charge in [0.25, 0.3) is 5.56 Å². The van der Waals surface area contributed by atoms with Crippen molar-refractivity contribution in [2.75, 3.05) is 0 Å². The number of benzene rings is 1. The van der Waals surface area contributed by atoms with Crippen LogP contribution in [0.25, 0.3) is 21.1 Å². The van der Waals surface area contributed by atoms with Gasteiger partial charge in [0.1, 0.15) is 0 Å². The molecule has 3 aromatic rings. The topological polar surface area (TPSA) is 34.9 Å². The number of fused-ring (bicyclic) bond motifs is 3. The lowest BCUT2D eigenvalue weighted by Crippen LogP contribution is -2.14. The molecular formula is C12H10N2OS. The van der Waals surface area contributed by atoms with Gasteiger partial charge in [-0.05, 0) is 25.1 Å². The maximum absolute atomic E-state index is 11.5. The zero-order valence-electron chi connectivity index (χ0n) is 9.02. The van der Waals surface area contributed by atoms with Gasteiger partial charge >= 0.3 is 0 Å². The normalized spacial score (nSPS) is 11.4. The van der Waals surface area contributed by atoms with E-state index in [2.05, 4.69) is 4.98 Å². The highest BCUT2D eigenvalue weighted by Gasteiger charge is 2.07. The number of hydrogen-bond donors (Lipinski definition) is 0. The largest absolute Gasteiger partial charge is 0.311 e. The van der Waals surface area contributed by atoms with Crippen molar-refractivity contribution in [3.05, 3.63) is 39.6 Å². The third-order valence-electron chi connectivity index (χ3n) is 2.76. The summed E-state index contributed by atoms with van der Waals surface area (Å²) in [4.78, 5) is 16.0. The zero-order chi connectivity index (χ0) is 11.3. The Morgan fingerprint density at radius 2 is 2.06 bits per heavy atom. The Morgan fingerprint density at radius 1 is 1.25 bits per heavy atom. The Balaban J connectivity index is 2.61. The second-order valence-corrected chi connectivity index (χ2v) is 5.01. The first-order valence-corrected chi connectivity index (χ1v) is 5.84. The van der Waals surface area contributed by atoms with Crippen LogP contribution in [-0.4, -0.2) is 9.55 Å². The number of pyridine rings is 1. The van der Waals surface area contributed by atoms with Gasteiger partial charge in [0, 0.05) is 18.5 Å². The molecule has 0 amide bonds. The Morgan fingerprint density at radius 3 is 2.88 bits per heavy atom. The predicted octanol–water partition coefficient (Wildman–Crippen LogP) is 2.46. The lowest BCUT2D eigenvalue weighted by Gasteiger charge is -2.03. The van der Waals surface area contributed by atoms with Crippen LogP contribution in [-0.2, 0) is 7.05 Å². The van der Waals surface area contributed by atoms with Crippen LogP contribution in [0, 0.1) is 6.92 Å². The number of aromatic nitrogens is 2. The Hall–Kier alpha value is -1.68. The first-order chi connectivity index (χ1) is 7.66. The van der Waals surface area contributed by atoms with Crippen molar-refractivity contribution < 1.29 is 0 Å². The molecule has 3 rings (SSSR count). The summed E-state index contributed by atoms with van der Waals surface area (Å²) in [7, 11) is 1.80. The monoisotopic (exact) mass is 230 g/mol. The highest BCUT2D eigenvalue weighted by Crippen LogP contribution is 2.28. The van der Waals surface area contributed by atoms with E-state index in [1.165, 1.54) is 0 Å². The molecule has 0 unspecified atom stereocenters. The van der Waals surface area contributed by atoms with Gasteiger partial charge in [-0.3, -0.25) is 4.79 Å². The first kappa shape index (κ1) is 9.54. The van der Waals surface area contributed by atoms with Crippen LogP contribution in [0.5, 0.6) is 0 Å². The maximum Gasteiger partial charge on any atom is 0.250 e. The highest BCUT2D eigenvalue weighted by molar-refractivity contribution is 7.19. The highest BCUT2D eigenvalue weighted by atomic mass is 32.1. The van der Waals surface area contributed by atoms with E-state index < -0.39 is 0 Å². The molecule has 3 nitrogen and oxygen atoms in total. The van der Waals surface area contributed by atoms with Gasteiger partial charge in [0.15, 0.2) is 0 Å². The zero-order valence-corrected chi connectivity index (χ0v) is 9.84. The van der Waals surface area contributed by atoms with Crippen molar-refractivity contribution in [3.63, 3.8) is 0 Å². The van der Waals surface area contributed by atoms with E-state index in [1.807, 2.05) is 25.1 Å². The van der Waals surface area contributed by atoms with E-state index in [0.717, 1.165) is 26.1 Å². The Kier molecular flexibility index (Phi) is 1.88. The number of rotatable bonds is 0. The number of thiazole rings is 1. The maximum atomic E-state index is 11.5. The molecule has 2 aromatic heterocycles. The minimum absolute atomic E-state index is 0.0214. The van der Waals surface area contributed by atoms with E-state index in [4.69, 9.17) is 0 Å². The average molecular weight is 230 g/mol. The van der Waals surface area contributed by atoms with Crippen molar-refractivity contribution in [1.82, 2.24) is 9.55 Å². The lowest BCUT2D eigenvalue weighted by molar-refractivity contribution is 0.907. The molecule has 0 radical (unpaired) electrons. The number of hydrogen-bond acceptors (Lipinski definition) is 3. The molecule has 1 aromatic carbocycles. The van der Waals surface area contributed by atoms with Gasteiger partial charge < -0.3 is 4.57 Å². The molecule has 80 valence electrons. The molecule has 0 aliphatic carbocycles. The fourth-order valence-corrected chi connectivity index (χ4v) is 2.89. The second-order valence-electron chi connectivity index (χ2n) is 3.81. The van der Waals surface area contributed by atoms with E-state index in [1.54, 1.807) is 29.0 Å². The van der Waals surface area contributed by atoms with Gasteiger partial charge in [0.05, 0.1) is 20.7 Å². The van der Waals surface area contributed by atoms with Crippen molar-refractivity contribution in [2.24, 2.45) is 7.05 Å². The van der Waals surface area contributed by atoms with E-state index in [-0.39, 0.29) is 5.56 Å². The van der Waals surface area contributed by atoms with Gasteiger partial charge in [0.2, 0.25) is 0 Å². The summed E-state index contributed by atoms with van der Waals surface area (Å²) >= 11 is 1.67. The number of aryl methyl sites for hydroxylation is 2. The molecule has 0 saturated carbocycles.